The number of unbranched alkanes of at least 4 members (excludes halogenated alkanes) is 1. The topological polar surface area (TPSA) is 83.5 Å². The second kappa shape index (κ2) is 10.1. The third kappa shape index (κ3) is 6.85. The molecule has 176 valence electrons. The molecule has 2 atom stereocenters. The van der Waals surface area contributed by atoms with E-state index in [-0.39, 0.29) is 24.5 Å². The van der Waals surface area contributed by atoms with Gasteiger partial charge in [-0.15, -0.1) is 0 Å². The van der Waals surface area contributed by atoms with Crippen molar-refractivity contribution >= 4 is 16.0 Å². The van der Waals surface area contributed by atoms with Crippen LogP contribution >= 0.6 is 0 Å². The molecule has 1 aromatic rings. The number of alkyl halides is 3. The zero-order chi connectivity index (χ0) is 23.4. The number of sulfonamides is 1. The van der Waals surface area contributed by atoms with Crippen LogP contribution in [0.3, 0.4) is 0 Å². The Hall–Kier alpha value is -2.29. The smallest absolute Gasteiger partial charge is 0.416 e. The maximum absolute atomic E-state index is 12.9. The summed E-state index contributed by atoms with van der Waals surface area (Å²) in [5.74, 6) is -0.568. The minimum Gasteiger partial charge on any atom is -0.481 e. The highest BCUT2D eigenvalue weighted by molar-refractivity contribution is 7.89. The Labute approximate surface area is 186 Å². The Morgan fingerprint density at radius 2 is 2.06 bits per heavy atom. The first kappa shape index (κ1) is 24.4. The molecule has 0 amide bonds. The summed E-state index contributed by atoms with van der Waals surface area (Å²) in [6.45, 7) is 0. The van der Waals surface area contributed by atoms with Crippen LogP contribution in [0.1, 0.15) is 56.1 Å². The predicted octanol–water partition coefficient (Wildman–Crippen LogP) is 5.05. The molecular formula is C23H28F3NO4S. The second-order valence-electron chi connectivity index (χ2n) is 8.54. The lowest BCUT2D eigenvalue weighted by Gasteiger charge is -2.38. The molecule has 5 nitrogen and oxygen atoms in total. The van der Waals surface area contributed by atoms with E-state index in [0.717, 1.165) is 42.7 Å². The van der Waals surface area contributed by atoms with Gasteiger partial charge in [0.25, 0.3) is 0 Å². The van der Waals surface area contributed by atoms with Gasteiger partial charge in [-0.25, -0.2) is 8.42 Å². The number of rotatable bonds is 10. The van der Waals surface area contributed by atoms with E-state index >= 15 is 0 Å². The molecule has 2 unspecified atom stereocenters. The zero-order valence-corrected chi connectivity index (χ0v) is 18.5. The van der Waals surface area contributed by atoms with E-state index in [4.69, 9.17) is 5.11 Å². The first-order chi connectivity index (χ1) is 15.0. The van der Waals surface area contributed by atoms with E-state index in [1.54, 1.807) is 0 Å². The van der Waals surface area contributed by atoms with Crippen LogP contribution in [0.5, 0.6) is 0 Å². The van der Waals surface area contributed by atoms with Gasteiger partial charge in [0, 0.05) is 12.1 Å². The molecule has 0 saturated heterocycles. The molecule has 32 heavy (non-hydrogen) atoms. The number of hydrogen-bond acceptors (Lipinski definition) is 3. The summed E-state index contributed by atoms with van der Waals surface area (Å²) in [6.07, 6.45) is 4.39. The van der Waals surface area contributed by atoms with E-state index in [1.807, 2.05) is 6.08 Å². The number of halogens is 3. The van der Waals surface area contributed by atoms with Gasteiger partial charge < -0.3 is 5.11 Å². The Balaban J connectivity index is 1.62. The maximum Gasteiger partial charge on any atom is 0.416 e. The summed E-state index contributed by atoms with van der Waals surface area (Å²) in [6, 6.07) is 4.75. The van der Waals surface area contributed by atoms with Crippen molar-refractivity contribution in [3.63, 3.8) is 0 Å². The first-order valence-electron chi connectivity index (χ1n) is 10.8. The molecule has 0 spiro atoms. The van der Waals surface area contributed by atoms with Crippen molar-refractivity contribution in [1.82, 2.24) is 4.72 Å². The molecule has 1 fully saturated rings. The lowest BCUT2D eigenvalue weighted by Crippen LogP contribution is -2.35. The quantitative estimate of drug-likeness (QED) is 0.369. The Morgan fingerprint density at radius 3 is 2.75 bits per heavy atom. The highest BCUT2D eigenvalue weighted by Gasteiger charge is 2.34. The van der Waals surface area contributed by atoms with Gasteiger partial charge in [-0.2, -0.15) is 13.2 Å². The monoisotopic (exact) mass is 471 g/mol. The molecule has 0 radical (unpaired) electrons. The average Bonchev–Trinajstić information content (AvgIpc) is 2.72. The van der Waals surface area contributed by atoms with Gasteiger partial charge in [0.15, 0.2) is 0 Å². The fraction of sp³-hybridized carbons (Fsp3) is 0.522. The summed E-state index contributed by atoms with van der Waals surface area (Å²) in [7, 11) is -3.69. The molecule has 1 saturated carbocycles. The number of allylic oxidation sites excluding steroid dienone is 4. The van der Waals surface area contributed by atoms with Gasteiger partial charge in [-0.3, -0.25) is 9.52 Å². The Bertz CT molecular complexity index is 999. The second-order valence-corrected chi connectivity index (χ2v) is 10.4. The lowest BCUT2D eigenvalue weighted by atomic mass is 9.69. The fourth-order valence-corrected chi connectivity index (χ4v) is 5.67. The van der Waals surface area contributed by atoms with Gasteiger partial charge in [-0.05, 0) is 74.0 Å². The lowest BCUT2D eigenvalue weighted by molar-refractivity contribution is -0.138. The summed E-state index contributed by atoms with van der Waals surface area (Å²) in [4.78, 5) is 10.6. The van der Waals surface area contributed by atoms with Crippen molar-refractivity contribution in [2.45, 2.75) is 57.5 Å². The molecule has 2 N–H and O–H groups in total. The number of carboxylic acid groups (broad SMARTS) is 1. The Morgan fingerprint density at radius 1 is 1.28 bits per heavy atom. The van der Waals surface area contributed by atoms with E-state index in [0.29, 0.717) is 30.7 Å². The van der Waals surface area contributed by atoms with E-state index in [9.17, 15) is 26.4 Å². The van der Waals surface area contributed by atoms with Crippen LogP contribution in [0.15, 0.2) is 47.7 Å². The van der Waals surface area contributed by atoms with Crippen LogP contribution in [0.4, 0.5) is 13.2 Å². The third-order valence-electron chi connectivity index (χ3n) is 6.06. The van der Waals surface area contributed by atoms with Crippen molar-refractivity contribution in [1.29, 1.82) is 0 Å². The van der Waals surface area contributed by atoms with E-state index in [1.165, 1.54) is 12.1 Å². The number of benzene rings is 1. The van der Waals surface area contributed by atoms with Crippen molar-refractivity contribution in [3.8, 4) is 0 Å². The van der Waals surface area contributed by atoms with Gasteiger partial charge in [-0.1, -0.05) is 30.4 Å². The van der Waals surface area contributed by atoms with Gasteiger partial charge in [0.05, 0.1) is 11.3 Å². The number of aryl methyl sites for hydroxylation is 1. The fourth-order valence-electron chi connectivity index (χ4n) is 4.47. The molecule has 9 heteroatoms. The van der Waals surface area contributed by atoms with Gasteiger partial charge in [0.1, 0.15) is 0 Å². The minimum absolute atomic E-state index is 0.00178. The number of aliphatic carboxylic acids is 1. The molecule has 0 aliphatic heterocycles. The molecule has 0 heterocycles. The van der Waals surface area contributed by atoms with Crippen molar-refractivity contribution in [2.75, 3.05) is 5.75 Å². The summed E-state index contributed by atoms with van der Waals surface area (Å²) >= 11 is 0. The van der Waals surface area contributed by atoms with Gasteiger partial charge >= 0.3 is 12.1 Å². The highest BCUT2D eigenvalue weighted by atomic mass is 32.2. The van der Waals surface area contributed by atoms with Crippen LogP contribution < -0.4 is 4.72 Å². The summed E-state index contributed by atoms with van der Waals surface area (Å²) in [5, 5.41) is 8.71. The molecule has 3 aliphatic rings. The normalized spacial score (nSPS) is 21.3. The van der Waals surface area contributed by atoms with E-state index in [2.05, 4.69) is 10.8 Å². The van der Waals surface area contributed by atoms with Crippen LogP contribution in [0, 0.1) is 11.8 Å². The zero-order valence-electron chi connectivity index (χ0n) is 17.7. The SMILES string of the molecule is O=C(O)CCCC=CC1CC2CCC1=C(NS(=O)(=O)CCc1cccc(C(F)(F)F)c1)C2. The number of hydrogen-bond donors (Lipinski definition) is 2. The first-order valence-corrected chi connectivity index (χ1v) is 12.5. The maximum atomic E-state index is 12.9. The molecular weight excluding hydrogens is 443 g/mol. The summed E-state index contributed by atoms with van der Waals surface area (Å²) in [5.41, 5.74) is 1.34. The Kier molecular flexibility index (Phi) is 7.69. The van der Waals surface area contributed by atoms with Crippen molar-refractivity contribution in [2.24, 2.45) is 11.8 Å². The van der Waals surface area contributed by atoms with Crippen molar-refractivity contribution < 1.29 is 31.5 Å². The van der Waals surface area contributed by atoms with Crippen LogP contribution in [-0.4, -0.2) is 25.2 Å². The molecule has 4 rings (SSSR count). The predicted molar refractivity (Wildman–Crippen MR) is 115 cm³/mol. The van der Waals surface area contributed by atoms with Crippen LogP contribution in [0.25, 0.3) is 0 Å². The number of nitrogens with one attached hydrogen (secondary N) is 1. The number of carbonyl (C=O) groups is 1. The number of carboxylic acids is 1. The minimum atomic E-state index is -4.46. The summed E-state index contributed by atoms with van der Waals surface area (Å²) < 4.78 is 66.6. The van der Waals surface area contributed by atoms with Crippen LogP contribution in [-0.2, 0) is 27.4 Å². The standard InChI is InChI=1S/C23H28F3NO4S/c24-23(25,26)19-7-4-5-16(14-19)11-12-32(30,31)27-21-15-17-9-10-20(21)18(13-17)6-2-1-3-8-22(28)29/h2,4-7,14,17-18,27H,1,3,8-13,15H2,(H,28,29). The largest absolute Gasteiger partial charge is 0.481 e. The van der Waals surface area contributed by atoms with Gasteiger partial charge in [0.2, 0.25) is 10.0 Å². The molecule has 3 aliphatic carbocycles. The average molecular weight is 472 g/mol. The van der Waals surface area contributed by atoms with Crippen LogP contribution in [0.2, 0.25) is 0 Å². The molecule has 1 aromatic carbocycles. The molecule has 2 bridgehead atoms. The van der Waals surface area contributed by atoms with E-state index < -0.39 is 27.7 Å². The molecule has 0 aromatic heterocycles. The third-order valence-corrected chi connectivity index (χ3v) is 7.36. The van der Waals surface area contributed by atoms with Crippen molar-refractivity contribution in [3.05, 3.63) is 58.8 Å². The highest BCUT2D eigenvalue weighted by Crippen LogP contribution is 2.44. The number of fused-ring (bicyclic) bond motifs is 3.